The lowest BCUT2D eigenvalue weighted by Crippen LogP contribution is -2.02. The van der Waals surface area contributed by atoms with Gasteiger partial charge in [0.05, 0.1) is 5.69 Å². The lowest BCUT2D eigenvalue weighted by molar-refractivity contribution is 0.0689. The molecule has 2 N–H and O–H groups in total. The number of carboxylic acid groups (broad SMARTS) is 1. The van der Waals surface area contributed by atoms with Crippen LogP contribution in [0.5, 0.6) is 0 Å². The Morgan fingerprint density at radius 3 is 2.56 bits per heavy atom. The molecule has 0 saturated carbocycles. The Bertz CT molecular complexity index is 590. The molecule has 1 heterocycles. The van der Waals surface area contributed by atoms with Crippen molar-refractivity contribution in [2.75, 3.05) is 0 Å². The minimum Gasteiger partial charge on any atom is -0.476 e. The summed E-state index contributed by atoms with van der Waals surface area (Å²) < 4.78 is 0.881. The average molecular weight is 309 g/mol. The Labute approximate surface area is 113 Å². The van der Waals surface area contributed by atoms with Crippen LogP contribution in [0.4, 0.5) is 0 Å². The fourth-order valence-electron chi connectivity index (χ4n) is 1.75. The zero-order chi connectivity index (χ0) is 13.3. The van der Waals surface area contributed by atoms with Crippen molar-refractivity contribution in [2.45, 2.75) is 19.8 Å². The number of halogens is 1. The summed E-state index contributed by atoms with van der Waals surface area (Å²) in [5.74, 6) is -0.350. The average Bonchev–Trinajstić information content (AvgIpc) is 2.74. The molecular weight excluding hydrogens is 296 g/mol. The van der Waals surface area contributed by atoms with Crippen LogP contribution in [0.2, 0.25) is 0 Å². The van der Waals surface area contributed by atoms with Gasteiger partial charge in [-0.1, -0.05) is 48.0 Å². The maximum absolute atomic E-state index is 11.2. The van der Waals surface area contributed by atoms with Gasteiger partial charge in [0.2, 0.25) is 0 Å². The van der Waals surface area contributed by atoms with Crippen molar-refractivity contribution in [3.05, 3.63) is 40.1 Å². The van der Waals surface area contributed by atoms with Crippen LogP contribution >= 0.6 is 15.9 Å². The Balaban J connectivity index is 2.57. The van der Waals surface area contributed by atoms with E-state index in [1.165, 1.54) is 0 Å². The number of aromatic carboxylic acids is 1. The molecular formula is C13H13BrN2O2. The summed E-state index contributed by atoms with van der Waals surface area (Å²) in [7, 11) is 0. The van der Waals surface area contributed by atoms with Crippen LogP contribution < -0.4 is 0 Å². The second kappa shape index (κ2) is 4.94. The molecule has 5 heteroatoms. The Morgan fingerprint density at radius 2 is 2.06 bits per heavy atom. The van der Waals surface area contributed by atoms with E-state index >= 15 is 0 Å². The molecule has 0 aliphatic rings. The van der Waals surface area contributed by atoms with Gasteiger partial charge in [-0.3, -0.25) is 0 Å². The Kier molecular flexibility index (Phi) is 3.52. The number of aromatic amines is 1. The number of imidazole rings is 1. The Hall–Kier alpha value is -1.62. The SMILES string of the molecule is CC(C)c1[nH]c(-c2ccccc2Br)nc1C(=O)O. The zero-order valence-corrected chi connectivity index (χ0v) is 11.7. The molecule has 0 aliphatic heterocycles. The van der Waals surface area contributed by atoms with Gasteiger partial charge in [-0.15, -0.1) is 0 Å². The van der Waals surface area contributed by atoms with E-state index in [9.17, 15) is 4.79 Å². The lowest BCUT2D eigenvalue weighted by Gasteiger charge is -2.02. The first-order valence-electron chi connectivity index (χ1n) is 5.58. The van der Waals surface area contributed by atoms with E-state index in [4.69, 9.17) is 5.11 Å². The molecule has 0 aliphatic carbocycles. The third kappa shape index (κ3) is 2.31. The largest absolute Gasteiger partial charge is 0.476 e. The van der Waals surface area contributed by atoms with Gasteiger partial charge in [-0.2, -0.15) is 0 Å². The normalized spacial score (nSPS) is 10.9. The standard InChI is InChI=1S/C13H13BrN2O2/c1-7(2)10-11(13(17)18)16-12(15-10)8-5-3-4-6-9(8)14/h3-7H,1-2H3,(H,15,16)(H,17,18). The van der Waals surface area contributed by atoms with Crippen molar-refractivity contribution in [1.29, 1.82) is 0 Å². The lowest BCUT2D eigenvalue weighted by atomic mass is 10.1. The summed E-state index contributed by atoms with van der Waals surface area (Å²) in [6.07, 6.45) is 0. The van der Waals surface area contributed by atoms with Crippen LogP contribution in [0.1, 0.15) is 35.9 Å². The van der Waals surface area contributed by atoms with Crippen LogP contribution in [0, 0.1) is 0 Å². The molecule has 94 valence electrons. The first kappa shape index (κ1) is 12.8. The molecule has 0 amide bonds. The summed E-state index contributed by atoms with van der Waals surface area (Å²) in [5, 5.41) is 9.15. The fourth-order valence-corrected chi connectivity index (χ4v) is 2.22. The number of carboxylic acids is 1. The first-order chi connectivity index (χ1) is 8.50. The zero-order valence-electron chi connectivity index (χ0n) is 10.1. The van der Waals surface area contributed by atoms with E-state index < -0.39 is 5.97 Å². The number of hydrogen-bond acceptors (Lipinski definition) is 2. The van der Waals surface area contributed by atoms with E-state index in [0.717, 1.165) is 10.0 Å². The van der Waals surface area contributed by atoms with Gasteiger partial charge < -0.3 is 10.1 Å². The summed E-state index contributed by atoms with van der Waals surface area (Å²) >= 11 is 3.43. The predicted octanol–water partition coefficient (Wildman–Crippen LogP) is 3.66. The number of H-pyrrole nitrogens is 1. The monoisotopic (exact) mass is 308 g/mol. The number of hydrogen-bond donors (Lipinski definition) is 2. The van der Waals surface area contributed by atoms with E-state index in [1.807, 2.05) is 38.1 Å². The van der Waals surface area contributed by atoms with Gasteiger partial charge in [0, 0.05) is 10.0 Å². The molecule has 18 heavy (non-hydrogen) atoms. The van der Waals surface area contributed by atoms with Crippen molar-refractivity contribution in [3.8, 4) is 11.4 Å². The van der Waals surface area contributed by atoms with Crippen LogP contribution in [-0.2, 0) is 0 Å². The van der Waals surface area contributed by atoms with Crippen LogP contribution in [0.3, 0.4) is 0 Å². The minimum absolute atomic E-state index is 0.0832. The third-order valence-electron chi connectivity index (χ3n) is 2.64. The van der Waals surface area contributed by atoms with Gasteiger partial charge in [-0.05, 0) is 12.0 Å². The second-order valence-corrected chi connectivity index (χ2v) is 5.14. The van der Waals surface area contributed by atoms with Gasteiger partial charge in [0.15, 0.2) is 5.69 Å². The smallest absolute Gasteiger partial charge is 0.356 e. The first-order valence-corrected chi connectivity index (χ1v) is 6.38. The highest BCUT2D eigenvalue weighted by Gasteiger charge is 2.20. The number of nitrogens with zero attached hydrogens (tertiary/aromatic N) is 1. The molecule has 1 aromatic carbocycles. The van der Waals surface area contributed by atoms with Crippen molar-refractivity contribution in [3.63, 3.8) is 0 Å². The van der Waals surface area contributed by atoms with Crippen LogP contribution in [0.25, 0.3) is 11.4 Å². The number of carbonyl (C=O) groups is 1. The maximum atomic E-state index is 11.2. The van der Waals surface area contributed by atoms with E-state index in [2.05, 4.69) is 25.9 Å². The summed E-state index contributed by atoms with van der Waals surface area (Å²) in [6, 6.07) is 7.57. The molecule has 0 radical (unpaired) electrons. The van der Waals surface area contributed by atoms with Crippen molar-refractivity contribution in [2.24, 2.45) is 0 Å². The topological polar surface area (TPSA) is 66.0 Å². The van der Waals surface area contributed by atoms with Gasteiger partial charge in [-0.25, -0.2) is 9.78 Å². The summed E-state index contributed by atoms with van der Waals surface area (Å²) in [4.78, 5) is 18.4. The molecule has 0 bridgehead atoms. The van der Waals surface area contributed by atoms with E-state index in [1.54, 1.807) is 0 Å². The highest BCUT2D eigenvalue weighted by molar-refractivity contribution is 9.10. The predicted molar refractivity (Wildman–Crippen MR) is 72.8 cm³/mol. The van der Waals surface area contributed by atoms with Crippen molar-refractivity contribution in [1.82, 2.24) is 9.97 Å². The van der Waals surface area contributed by atoms with Crippen LogP contribution in [-0.4, -0.2) is 21.0 Å². The molecule has 0 saturated heterocycles. The molecule has 0 spiro atoms. The quantitative estimate of drug-likeness (QED) is 0.909. The Morgan fingerprint density at radius 1 is 1.39 bits per heavy atom. The molecule has 1 aromatic heterocycles. The number of aromatic nitrogens is 2. The van der Waals surface area contributed by atoms with Gasteiger partial charge in [0.25, 0.3) is 0 Å². The molecule has 4 nitrogen and oxygen atoms in total. The number of rotatable bonds is 3. The second-order valence-electron chi connectivity index (χ2n) is 4.29. The van der Waals surface area contributed by atoms with E-state index in [-0.39, 0.29) is 11.6 Å². The van der Waals surface area contributed by atoms with E-state index in [0.29, 0.717) is 11.5 Å². The van der Waals surface area contributed by atoms with Crippen molar-refractivity contribution < 1.29 is 9.90 Å². The molecule has 0 fully saturated rings. The van der Waals surface area contributed by atoms with Gasteiger partial charge >= 0.3 is 5.97 Å². The maximum Gasteiger partial charge on any atom is 0.356 e. The van der Waals surface area contributed by atoms with Crippen LogP contribution in [0.15, 0.2) is 28.7 Å². The molecule has 0 atom stereocenters. The highest BCUT2D eigenvalue weighted by atomic mass is 79.9. The van der Waals surface area contributed by atoms with Gasteiger partial charge in [0.1, 0.15) is 5.82 Å². The number of nitrogens with one attached hydrogen (secondary N) is 1. The third-order valence-corrected chi connectivity index (χ3v) is 3.33. The highest BCUT2D eigenvalue weighted by Crippen LogP contribution is 2.28. The summed E-state index contributed by atoms with van der Waals surface area (Å²) in [5.41, 5.74) is 1.59. The molecule has 0 unspecified atom stereocenters. The molecule has 2 aromatic rings. The minimum atomic E-state index is -1.01. The summed E-state index contributed by atoms with van der Waals surface area (Å²) in [6.45, 7) is 3.87. The molecule has 2 rings (SSSR count). The van der Waals surface area contributed by atoms with Crippen molar-refractivity contribution >= 4 is 21.9 Å². The fraction of sp³-hybridized carbons (Fsp3) is 0.231. The number of benzene rings is 1.